The lowest BCUT2D eigenvalue weighted by Gasteiger charge is -2.05. The fourth-order valence-electron chi connectivity index (χ4n) is 1.19. The van der Waals surface area contributed by atoms with Gasteiger partial charge in [-0.2, -0.15) is 0 Å². The van der Waals surface area contributed by atoms with E-state index < -0.39 is 0 Å². The summed E-state index contributed by atoms with van der Waals surface area (Å²) in [7, 11) is 3.62. The fourth-order valence-corrected chi connectivity index (χ4v) is 2.06. The molecule has 1 heterocycles. The SMILES string of the molecule is CNC(C)c1csc(CCOCCOC)n1. The Morgan fingerprint density at radius 3 is 2.94 bits per heavy atom. The second kappa shape index (κ2) is 7.73. The third-order valence-electron chi connectivity index (χ3n) is 2.34. The molecule has 0 saturated carbocycles. The lowest BCUT2D eigenvalue weighted by molar-refractivity contribution is 0.0722. The first-order valence-corrected chi connectivity index (χ1v) is 6.34. The maximum absolute atomic E-state index is 5.40. The van der Waals surface area contributed by atoms with Gasteiger partial charge in [0, 0.05) is 25.0 Å². The summed E-state index contributed by atoms with van der Waals surface area (Å²) in [6.45, 7) is 4.12. The quantitative estimate of drug-likeness (QED) is 0.706. The molecule has 0 aliphatic heterocycles. The molecular formula is C11H20N2O2S. The summed E-state index contributed by atoms with van der Waals surface area (Å²) in [5.41, 5.74) is 1.11. The molecule has 0 aliphatic rings. The summed E-state index contributed by atoms with van der Waals surface area (Å²) in [5.74, 6) is 0. The van der Waals surface area contributed by atoms with Crippen molar-refractivity contribution in [2.24, 2.45) is 0 Å². The molecule has 1 rings (SSSR count). The second-order valence-corrected chi connectivity index (χ2v) is 4.47. The van der Waals surface area contributed by atoms with Crippen LogP contribution in [0.25, 0.3) is 0 Å². The van der Waals surface area contributed by atoms with Gasteiger partial charge < -0.3 is 14.8 Å². The fraction of sp³-hybridized carbons (Fsp3) is 0.727. The Morgan fingerprint density at radius 2 is 2.25 bits per heavy atom. The highest BCUT2D eigenvalue weighted by Crippen LogP contribution is 2.16. The molecule has 0 spiro atoms. The van der Waals surface area contributed by atoms with E-state index in [2.05, 4.69) is 22.6 Å². The van der Waals surface area contributed by atoms with E-state index in [4.69, 9.17) is 9.47 Å². The maximum atomic E-state index is 5.40. The van der Waals surface area contributed by atoms with Gasteiger partial charge in [0.25, 0.3) is 0 Å². The van der Waals surface area contributed by atoms with Crippen molar-refractivity contribution >= 4 is 11.3 Å². The summed E-state index contributed by atoms with van der Waals surface area (Å²) >= 11 is 1.69. The summed E-state index contributed by atoms with van der Waals surface area (Å²) in [5, 5.41) is 6.41. The zero-order valence-corrected chi connectivity index (χ0v) is 11.0. The molecular weight excluding hydrogens is 224 g/mol. The van der Waals surface area contributed by atoms with Crippen molar-refractivity contribution in [3.05, 3.63) is 16.1 Å². The van der Waals surface area contributed by atoms with Gasteiger partial charge in [0.2, 0.25) is 0 Å². The number of aromatic nitrogens is 1. The van der Waals surface area contributed by atoms with Gasteiger partial charge in [0.05, 0.1) is 30.5 Å². The predicted molar refractivity (Wildman–Crippen MR) is 66.0 cm³/mol. The summed E-state index contributed by atoms with van der Waals surface area (Å²) in [6.07, 6.45) is 0.880. The number of methoxy groups -OCH3 is 1. The van der Waals surface area contributed by atoms with Gasteiger partial charge in [-0.05, 0) is 14.0 Å². The van der Waals surface area contributed by atoms with Gasteiger partial charge in [-0.25, -0.2) is 4.98 Å². The molecule has 0 fully saturated rings. The van der Waals surface area contributed by atoms with Crippen molar-refractivity contribution < 1.29 is 9.47 Å². The van der Waals surface area contributed by atoms with Crippen LogP contribution in [0.1, 0.15) is 23.7 Å². The molecule has 0 saturated heterocycles. The molecule has 0 bridgehead atoms. The number of nitrogens with zero attached hydrogens (tertiary/aromatic N) is 1. The molecule has 1 aromatic rings. The topological polar surface area (TPSA) is 43.4 Å². The van der Waals surface area contributed by atoms with Crippen molar-refractivity contribution in [3.8, 4) is 0 Å². The first-order chi connectivity index (χ1) is 7.77. The van der Waals surface area contributed by atoms with Crippen LogP contribution in [0.5, 0.6) is 0 Å². The number of hydrogen-bond donors (Lipinski definition) is 1. The molecule has 1 unspecified atom stereocenters. The molecule has 5 heteroatoms. The monoisotopic (exact) mass is 244 g/mol. The van der Waals surface area contributed by atoms with E-state index in [9.17, 15) is 0 Å². The number of ether oxygens (including phenoxy) is 2. The Kier molecular flexibility index (Phi) is 6.56. The van der Waals surface area contributed by atoms with E-state index in [1.165, 1.54) is 0 Å². The molecule has 1 N–H and O–H groups in total. The molecule has 0 aliphatic carbocycles. The van der Waals surface area contributed by atoms with E-state index in [0.717, 1.165) is 17.1 Å². The van der Waals surface area contributed by atoms with Crippen LogP contribution >= 0.6 is 11.3 Å². The van der Waals surface area contributed by atoms with Crippen LogP contribution in [0.2, 0.25) is 0 Å². The van der Waals surface area contributed by atoms with Crippen LogP contribution in [0, 0.1) is 0 Å². The highest BCUT2D eigenvalue weighted by atomic mass is 32.1. The van der Waals surface area contributed by atoms with Crippen LogP contribution in [0.15, 0.2) is 5.38 Å². The smallest absolute Gasteiger partial charge is 0.0951 e. The maximum Gasteiger partial charge on any atom is 0.0951 e. The summed E-state index contributed by atoms with van der Waals surface area (Å²) in [4.78, 5) is 4.54. The minimum absolute atomic E-state index is 0.319. The lowest BCUT2D eigenvalue weighted by atomic mass is 10.3. The average molecular weight is 244 g/mol. The molecule has 92 valence electrons. The molecule has 4 nitrogen and oxygen atoms in total. The minimum Gasteiger partial charge on any atom is -0.382 e. The van der Waals surface area contributed by atoms with E-state index >= 15 is 0 Å². The highest BCUT2D eigenvalue weighted by Gasteiger charge is 2.07. The zero-order valence-electron chi connectivity index (χ0n) is 10.2. The van der Waals surface area contributed by atoms with Crippen molar-refractivity contribution in [1.29, 1.82) is 0 Å². The van der Waals surface area contributed by atoms with Crippen LogP contribution in [0.4, 0.5) is 0 Å². The van der Waals surface area contributed by atoms with Crippen molar-refractivity contribution in [2.45, 2.75) is 19.4 Å². The van der Waals surface area contributed by atoms with Gasteiger partial charge >= 0.3 is 0 Å². The number of hydrogen-bond acceptors (Lipinski definition) is 5. The van der Waals surface area contributed by atoms with E-state index in [1.807, 2.05) is 7.05 Å². The van der Waals surface area contributed by atoms with Crippen LogP contribution < -0.4 is 5.32 Å². The van der Waals surface area contributed by atoms with Gasteiger partial charge in [0.1, 0.15) is 0 Å². The molecule has 0 radical (unpaired) electrons. The Morgan fingerprint density at radius 1 is 1.44 bits per heavy atom. The zero-order chi connectivity index (χ0) is 11.8. The highest BCUT2D eigenvalue weighted by molar-refractivity contribution is 7.09. The third-order valence-corrected chi connectivity index (χ3v) is 3.27. The number of thiazole rings is 1. The normalized spacial score (nSPS) is 12.9. The Hall–Kier alpha value is -0.490. The number of rotatable bonds is 8. The van der Waals surface area contributed by atoms with Gasteiger partial charge in [-0.3, -0.25) is 0 Å². The van der Waals surface area contributed by atoms with Crippen LogP contribution in [0.3, 0.4) is 0 Å². The first kappa shape index (κ1) is 13.6. The molecule has 16 heavy (non-hydrogen) atoms. The van der Waals surface area contributed by atoms with Crippen LogP contribution in [-0.2, 0) is 15.9 Å². The molecule has 1 aromatic heterocycles. The van der Waals surface area contributed by atoms with Crippen LogP contribution in [-0.4, -0.2) is 39.0 Å². The Labute approximate surface area is 101 Å². The van der Waals surface area contributed by atoms with Crippen molar-refractivity contribution in [1.82, 2.24) is 10.3 Å². The predicted octanol–water partition coefficient (Wildman–Crippen LogP) is 1.63. The summed E-state index contributed by atoms with van der Waals surface area (Å²) < 4.78 is 10.3. The van der Waals surface area contributed by atoms with Gasteiger partial charge in [-0.15, -0.1) is 11.3 Å². The van der Waals surface area contributed by atoms with Gasteiger partial charge in [0.15, 0.2) is 0 Å². The standard InChI is InChI=1S/C11H20N2O2S/c1-9(12-2)10-8-16-11(13-10)4-5-15-7-6-14-3/h8-9,12H,4-7H2,1-3H3. The Bertz CT molecular complexity index is 291. The lowest BCUT2D eigenvalue weighted by Crippen LogP contribution is -2.12. The molecule has 1 atom stereocenters. The van der Waals surface area contributed by atoms with E-state index in [1.54, 1.807) is 18.4 Å². The Balaban J connectivity index is 2.24. The van der Waals surface area contributed by atoms with Crippen molar-refractivity contribution in [2.75, 3.05) is 34.0 Å². The molecule has 0 aromatic carbocycles. The van der Waals surface area contributed by atoms with Crippen molar-refractivity contribution in [3.63, 3.8) is 0 Å². The average Bonchev–Trinajstić information content (AvgIpc) is 2.76. The van der Waals surface area contributed by atoms with Gasteiger partial charge in [-0.1, -0.05) is 0 Å². The molecule has 0 amide bonds. The van der Waals surface area contributed by atoms with E-state index in [0.29, 0.717) is 25.9 Å². The van der Waals surface area contributed by atoms with E-state index in [-0.39, 0.29) is 0 Å². The third kappa shape index (κ3) is 4.57. The number of nitrogens with one attached hydrogen (secondary N) is 1. The summed E-state index contributed by atoms with van der Waals surface area (Å²) in [6, 6.07) is 0.319. The first-order valence-electron chi connectivity index (χ1n) is 5.46. The largest absolute Gasteiger partial charge is 0.382 e. The second-order valence-electron chi connectivity index (χ2n) is 3.53. The minimum atomic E-state index is 0.319.